The molecule has 0 saturated heterocycles. The largest absolute Gasteiger partial charge is 0.452 e. The first-order valence-electron chi connectivity index (χ1n) is 8.85. The molecule has 5 rings (SSSR count). The van der Waals surface area contributed by atoms with Gasteiger partial charge in [0.1, 0.15) is 0 Å². The summed E-state index contributed by atoms with van der Waals surface area (Å²) in [5, 5.41) is 3.90. The molecule has 1 aromatic carbocycles. The summed E-state index contributed by atoms with van der Waals surface area (Å²) in [6.07, 6.45) is 7.17. The maximum Gasteiger partial charge on any atom is 0.338 e. The highest BCUT2D eigenvalue weighted by Crippen LogP contribution is 2.55. The van der Waals surface area contributed by atoms with Crippen LogP contribution in [0.2, 0.25) is 10.0 Å². The fourth-order valence-electron chi connectivity index (χ4n) is 5.48. The van der Waals surface area contributed by atoms with Crippen molar-refractivity contribution in [1.29, 1.82) is 0 Å². The summed E-state index contributed by atoms with van der Waals surface area (Å²) >= 11 is 11.8. The maximum atomic E-state index is 12.4. The fraction of sp³-hybridized carbons (Fsp3) is 0.579. The lowest BCUT2D eigenvalue weighted by Gasteiger charge is -2.56. The number of carbonyl (C=O) groups is 2. The van der Waals surface area contributed by atoms with Crippen LogP contribution in [0.1, 0.15) is 48.9 Å². The van der Waals surface area contributed by atoms with E-state index in [0.29, 0.717) is 10.0 Å². The summed E-state index contributed by atoms with van der Waals surface area (Å²) in [5.74, 6) is 1.45. The molecule has 0 spiro atoms. The van der Waals surface area contributed by atoms with E-state index in [4.69, 9.17) is 27.9 Å². The van der Waals surface area contributed by atoms with Crippen LogP contribution in [-0.2, 0) is 9.53 Å². The van der Waals surface area contributed by atoms with Crippen molar-refractivity contribution in [2.24, 2.45) is 17.8 Å². The number of ether oxygens (including phenoxy) is 1. The van der Waals surface area contributed by atoms with Gasteiger partial charge in [0.25, 0.3) is 5.91 Å². The number of benzene rings is 1. The van der Waals surface area contributed by atoms with Crippen LogP contribution in [0.25, 0.3) is 0 Å². The number of halogens is 2. The highest BCUT2D eigenvalue weighted by molar-refractivity contribution is 6.35. The standard InChI is InChI=1S/C19H21Cl2NO3/c20-15-4-14(5-16(21)6-15)18(24)25-10-17(23)22-19-7-11-1-12(8-19)3-13(2-11)9-19/h4-6,11-13H,1-3,7-10H2,(H,22,23). The van der Waals surface area contributed by atoms with Crippen LogP contribution in [0, 0.1) is 17.8 Å². The molecule has 0 aliphatic heterocycles. The number of rotatable bonds is 4. The average Bonchev–Trinajstić information content (AvgIpc) is 2.49. The summed E-state index contributed by atoms with van der Waals surface area (Å²) in [4.78, 5) is 24.5. The number of hydrogen-bond donors (Lipinski definition) is 1. The predicted octanol–water partition coefficient (Wildman–Crippen LogP) is 4.24. The number of hydrogen-bond acceptors (Lipinski definition) is 3. The summed E-state index contributed by atoms with van der Waals surface area (Å²) in [7, 11) is 0. The lowest BCUT2D eigenvalue weighted by molar-refractivity contribution is -0.130. The Morgan fingerprint density at radius 3 is 2.04 bits per heavy atom. The third-order valence-corrected chi connectivity index (χ3v) is 6.31. The van der Waals surface area contributed by atoms with Crippen molar-refractivity contribution in [3.8, 4) is 0 Å². The molecule has 4 nitrogen and oxygen atoms in total. The van der Waals surface area contributed by atoms with Crippen LogP contribution < -0.4 is 5.32 Å². The normalized spacial score (nSPS) is 32.5. The fourth-order valence-corrected chi connectivity index (χ4v) is 6.01. The molecule has 6 heteroatoms. The lowest BCUT2D eigenvalue weighted by Crippen LogP contribution is -2.60. The minimum Gasteiger partial charge on any atom is -0.452 e. The molecule has 4 fully saturated rings. The molecule has 4 aliphatic carbocycles. The summed E-state index contributed by atoms with van der Waals surface area (Å²) in [6.45, 7) is -0.273. The van der Waals surface area contributed by atoms with Gasteiger partial charge in [-0.3, -0.25) is 4.79 Å². The third kappa shape index (κ3) is 3.65. The minimum absolute atomic E-state index is 0.0718. The van der Waals surface area contributed by atoms with Crippen LogP contribution in [0.15, 0.2) is 18.2 Å². The van der Waals surface area contributed by atoms with Crippen molar-refractivity contribution in [2.45, 2.75) is 44.1 Å². The highest BCUT2D eigenvalue weighted by atomic mass is 35.5. The summed E-state index contributed by atoms with van der Waals surface area (Å²) < 4.78 is 5.15. The van der Waals surface area contributed by atoms with Crippen LogP contribution in [0.5, 0.6) is 0 Å². The number of esters is 1. The van der Waals surface area contributed by atoms with Gasteiger partial charge in [-0.25, -0.2) is 4.79 Å². The van der Waals surface area contributed by atoms with Gasteiger partial charge in [0.2, 0.25) is 0 Å². The van der Waals surface area contributed by atoms with Gasteiger partial charge < -0.3 is 10.1 Å². The van der Waals surface area contributed by atoms with E-state index in [0.717, 1.165) is 37.0 Å². The molecule has 25 heavy (non-hydrogen) atoms. The predicted molar refractivity (Wildman–Crippen MR) is 95.8 cm³/mol. The van der Waals surface area contributed by atoms with Gasteiger partial charge in [0.05, 0.1) is 5.56 Å². The lowest BCUT2D eigenvalue weighted by atomic mass is 9.53. The van der Waals surface area contributed by atoms with Crippen LogP contribution in [0.4, 0.5) is 0 Å². The Morgan fingerprint density at radius 1 is 1.00 bits per heavy atom. The zero-order chi connectivity index (χ0) is 17.6. The van der Waals surface area contributed by atoms with Gasteiger partial charge in [-0.1, -0.05) is 23.2 Å². The molecule has 0 unspecified atom stereocenters. The zero-order valence-corrected chi connectivity index (χ0v) is 15.4. The first kappa shape index (κ1) is 17.2. The molecule has 1 amide bonds. The molecule has 4 saturated carbocycles. The van der Waals surface area contributed by atoms with Gasteiger partial charge in [0, 0.05) is 15.6 Å². The number of nitrogens with one attached hydrogen (secondary N) is 1. The Hall–Kier alpha value is -1.26. The smallest absolute Gasteiger partial charge is 0.338 e. The minimum atomic E-state index is -0.593. The van der Waals surface area contributed by atoms with Crippen molar-refractivity contribution < 1.29 is 14.3 Å². The number of amides is 1. The summed E-state index contributed by atoms with van der Waals surface area (Å²) in [5.41, 5.74) is 0.178. The van der Waals surface area contributed by atoms with E-state index >= 15 is 0 Å². The van der Waals surface area contributed by atoms with Gasteiger partial charge in [-0.15, -0.1) is 0 Å². The second-order valence-electron chi connectivity index (χ2n) is 7.98. The molecule has 1 N–H and O–H groups in total. The van der Waals surface area contributed by atoms with Crippen LogP contribution in [0.3, 0.4) is 0 Å². The second kappa shape index (κ2) is 6.48. The van der Waals surface area contributed by atoms with Gasteiger partial charge in [0.15, 0.2) is 6.61 Å². The molecular weight excluding hydrogens is 361 g/mol. The van der Waals surface area contributed by atoms with Crippen LogP contribution >= 0.6 is 23.2 Å². The average molecular weight is 382 g/mol. The quantitative estimate of drug-likeness (QED) is 0.793. The van der Waals surface area contributed by atoms with E-state index in [1.165, 1.54) is 31.4 Å². The maximum absolute atomic E-state index is 12.4. The van der Waals surface area contributed by atoms with E-state index in [2.05, 4.69) is 5.32 Å². The molecule has 0 heterocycles. The molecule has 0 radical (unpaired) electrons. The van der Waals surface area contributed by atoms with Crippen molar-refractivity contribution in [1.82, 2.24) is 5.32 Å². The topological polar surface area (TPSA) is 55.4 Å². The zero-order valence-electron chi connectivity index (χ0n) is 13.9. The van der Waals surface area contributed by atoms with Crippen molar-refractivity contribution in [3.05, 3.63) is 33.8 Å². The van der Waals surface area contributed by atoms with E-state index < -0.39 is 5.97 Å². The second-order valence-corrected chi connectivity index (χ2v) is 8.85. The van der Waals surface area contributed by atoms with E-state index in [1.54, 1.807) is 6.07 Å². The number of carbonyl (C=O) groups excluding carboxylic acids is 2. The molecular formula is C19H21Cl2NO3. The van der Waals surface area contributed by atoms with Gasteiger partial charge in [-0.2, -0.15) is 0 Å². The molecule has 1 aromatic rings. The first-order chi connectivity index (χ1) is 11.9. The van der Waals surface area contributed by atoms with Crippen LogP contribution in [-0.4, -0.2) is 24.0 Å². The molecule has 134 valence electrons. The van der Waals surface area contributed by atoms with E-state index in [9.17, 15) is 9.59 Å². The van der Waals surface area contributed by atoms with E-state index in [-0.39, 0.29) is 23.6 Å². The Kier molecular flexibility index (Phi) is 4.45. The molecule has 4 aliphatic rings. The Bertz CT molecular complexity index is 663. The molecule has 0 atom stereocenters. The van der Waals surface area contributed by atoms with Crippen molar-refractivity contribution in [2.75, 3.05) is 6.61 Å². The van der Waals surface area contributed by atoms with E-state index in [1.807, 2.05) is 0 Å². The molecule has 4 bridgehead atoms. The highest BCUT2D eigenvalue weighted by Gasteiger charge is 2.51. The van der Waals surface area contributed by atoms with Crippen molar-refractivity contribution >= 4 is 35.1 Å². The van der Waals surface area contributed by atoms with Crippen molar-refractivity contribution in [3.63, 3.8) is 0 Å². The summed E-state index contributed by atoms with van der Waals surface area (Å²) in [6, 6.07) is 4.50. The Morgan fingerprint density at radius 2 is 1.52 bits per heavy atom. The first-order valence-corrected chi connectivity index (χ1v) is 9.61. The van der Waals surface area contributed by atoms with Gasteiger partial charge in [-0.05, 0) is 74.5 Å². The van der Waals surface area contributed by atoms with Gasteiger partial charge >= 0.3 is 5.97 Å². The Labute approximate surface area is 157 Å². The molecule has 0 aromatic heterocycles. The third-order valence-electron chi connectivity index (χ3n) is 5.88. The Balaban J connectivity index is 1.34. The monoisotopic (exact) mass is 381 g/mol. The SMILES string of the molecule is O=C(COC(=O)c1cc(Cl)cc(Cl)c1)NC12CC3CC(CC(C3)C1)C2.